The number of allylic oxidation sites excluding steroid dienone is 1. The molecule has 0 aliphatic carbocycles. The van der Waals surface area contributed by atoms with E-state index in [1.807, 2.05) is 19.9 Å². The summed E-state index contributed by atoms with van der Waals surface area (Å²) in [5.74, 6) is -1.47. The van der Waals surface area contributed by atoms with Crippen LogP contribution in [0.1, 0.15) is 46.5 Å². The number of carboxylic acids is 1. The molecule has 8 heteroatoms. The van der Waals surface area contributed by atoms with Crippen molar-refractivity contribution in [1.29, 1.82) is 0 Å². The number of hydrogen-bond acceptors (Lipinski definition) is 5. The molecule has 0 aromatic rings. The van der Waals surface area contributed by atoms with Crippen molar-refractivity contribution in [1.82, 2.24) is 21.1 Å². The van der Waals surface area contributed by atoms with Crippen LogP contribution in [0.5, 0.6) is 0 Å². The second-order valence-corrected chi connectivity index (χ2v) is 6.99. The topological polar surface area (TPSA) is 111 Å². The molecule has 8 nitrogen and oxygen atoms in total. The van der Waals surface area contributed by atoms with E-state index in [1.54, 1.807) is 6.92 Å². The molecule has 1 aliphatic heterocycles. The Bertz CT molecular complexity index is 509. The number of nitrogens with zero attached hydrogens (tertiary/aromatic N) is 1. The molecule has 4 N–H and O–H groups in total. The Kier molecular flexibility index (Phi) is 9.29. The first-order valence-electron chi connectivity index (χ1n) is 9.23. The molecule has 0 aromatic carbocycles. The lowest BCUT2D eigenvalue weighted by atomic mass is 10.0. The Hall–Kier alpha value is -1.93. The predicted molar refractivity (Wildman–Crippen MR) is 99.2 cm³/mol. The van der Waals surface area contributed by atoms with E-state index in [-0.39, 0.29) is 17.7 Å². The summed E-state index contributed by atoms with van der Waals surface area (Å²) >= 11 is 0. The number of aliphatic carboxylic acids is 1. The van der Waals surface area contributed by atoms with E-state index in [9.17, 15) is 14.4 Å². The van der Waals surface area contributed by atoms with Crippen LogP contribution in [0.4, 0.5) is 0 Å². The van der Waals surface area contributed by atoms with Crippen LogP contribution in [0.15, 0.2) is 12.7 Å². The third-order valence-corrected chi connectivity index (χ3v) is 4.38. The van der Waals surface area contributed by atoms with E-state index in [2.05, 4.69) is 22.6 Å². The molecule has 148 valence electrons. The van der Waals surface area contributed by atoms with Crippen molar-refractivity contribution < 1.29 is 19.5 Å². The van der Waals surface area contributed by atoms with Crippen LogP contribution in [0, 0.1) is 5.92 Å². The molecular weight excluding hydrogens is 336 g/mol. The zero-order chi connectivity index (χ0) is 19.7. The maximum atomic E-state index is 12.5. The van der Waals surface area contributed by atoms with Gasteiger partial charge in [0.1, 0.15) is 12.1 Å². The molecule has 3 unspecified atom stereocenters. The van der Waals surface area contributed by atoms with Crippen LogP contribution in [0.3, 0.4) is 0 Å². The minimum Gasteiger partial charge on any atom is -0.480 e. The van der Waals surface area contributed by atoms with Gasteiger partial charge in [-0.05, 0) is 45.1 Å². The number of carboxylic acid groups (broad SMARTS) is 1. The number of hydrogen-bond donors (Lipinski definition) is 4. The Morgan fingerprint density at radius 3 is 2.62 bits per heavy atom. The number of carbonyl (C=O) groups is 3. The van der Waals surface area contributed by atoms with Crippen LogP contribution < -0.4 is 16.1 Å². The standard InChI is InChI=1S/C18H32N4O4/c1-5-6-7-10-19-15(12(2)3)16(23)20-13(4)17(24)22-11-8-9-14(21-22)18(25)26/h5,12-15,19,21H,1,6-11H2,2-4H3,(H,20,23)(H,25,26). The van der Waals surface area contributed by atoms with Crippen LogP contribution >= 0.6 is 0 Å². The van der Waals surface area contributed by atoms with Gasteiger partial charge >= 0.3 is 5.97 Å². The molecule has 1 aliphatic rings. The zero-order valence-electron chi connectivity index (χ0n) is 16.0. The van der Waals surface area contributed by atoms with Crippen LogP contribution in [-0.2, 0) is 14.4 Å². The lowest BCUT2D eigenvalue weighted by Gasteiger charge is -2.34. The second kappa shape index (κ2) is 10.9. The average molecular weight is 368 g/mol. The summed E-state index contributed by atoms with van der Waals surface area (Å²) in [6.07, 6.45) is 4.69. The van der Waals surface area contributed by atoms with Crippen LogP contribution in [0.25, 0.3) is 0 Å². The summed E-state index contributed by atoms with van der Waals surface area (Å²) in [5, 5.41) is 16.4. The average Bonchev–Trinajstić information content (AvgIpc) is 2.60. The summed E-state index contributed by atoms with van der Waals surface area (Å²) < 4.78 is 0. The highest BCUT2D eigenvalue weighted by Gasteiger charge is 2.31. The highest BCUT2D eigenvalue weighted by Crippen LogP contribution is 2.09. The van der Waals surface area contributed by atoms with Crippen molar-refractivity contribution in [2.75, 3.05) is 13.1 Å². The minimum atomic E-state index is -0.984. The largest absolute Gasteiger partial charge is 0.480 e. The first-order valence-corrected chi connectivity index (χ1v) is 9.23. The van der Waals surface area contributed by atoms with Gasteiger partial charge in [0.15, 0.2) is 0 Å². The van der Waals surface area contributed by atoms with E-state index in [0.29, 0.717) is 25.9 Å². The maximum Gasteiger partial charge on any atom is 0.322 e. The third-order valence-electron chi connectivity index (χ3n) is 4.38. The van der Waals surface area contributed by atoms with E-state index in [4.69, 9.17) is 5.11 Å². The van der Waals surface area contributed by atoms with E-state index in [0.717, 1.165) is 12.8 Å². The molecule has 2 amide bonds. The molecule has 1 rings (SSSR count). The number of unbranched alkanes of at least 4 members (excludes halogenated alkanes) is 1. The molecular formula is C18H32N4O4. The Labute approximate surface area is 155 Å². The molecule has 0 radical (unpaired) electrons. The van der Waals surface area contributed by atoms with Gasteiger partial charge in [0.2, 0.25) is 5.91 Å². The monoisotopic (exact) mass is 368 g/mol. The van der Waals surface area contributed by atoms with Gasteiger partial charge in [0.25, 0.3) is 5.91 Å². The molecule has 0 saturated carbocycles. The summed E-state index contributed by atoms with van der Waals surface area (Å²) in [6, 6.07) is -1.90. The van der Waals surface area contributed by atoms with Gasteiger partial charge in [0, 0.05) is 6.54 Å². The van der Waals surface area contributed by atoms with Crippen molar-refractivity contribution in [3.8, 4) is 0 Å². The third kappa shape index (κ3) is 6.76. The SMILES string of the molecule is C=CCCCNC(C(=O)NC(C)C(=O)N1CCCC(C(=O)O)N1)C(C)C. The van der Waals surface area contributed by atoms with Gasteiger partial charge in [-0.3, -0.25) is 19.4 Å². The van der Waals surface area contributed by atoms with Crippen molar-refractivity contribution in [2.24, 2.45) is 5.92 Å². The highest BCUT2D eigenvalue weighted by atomic mass is 16.4. The summed E-state index contributed by atoms with van der Waals surface area (Å²) in [4.78, 5) is 36.2. The predicted octanol–water partition coefficient (Wildman–Crippen LogP) is 0.652. The molecule has 3 atom stereocenters. The van der Waals surface area contributed by atoms with Crippen molar-refractivity contribution in [2.45, 2.75) is 64.6 Å². The molecule has 1 heterocycles. The first kappa shape index (κ1) is 22.1. The summed E-state index contributed by atoms with van der Waals surface area (Å²) in [5.41, 5.74) is 2.72. The lowest BCUT2D eigenvalue weighted by molar-refractivity contribution is -0.148. The fraction of sp³-hybridized carbons (Fsp3) is 0.722. The van der Waals surface area contributed by atoms with Gasteiger partial charge in [-0.2, -0.15) is 0 Å². The van der Waals surface area contributed by atoms with Gasteiger partial charge < -0.3 is 15.7 Å². The maximum absolute atomic E-state index is 12.5. The summed E-state index contributed by atoms with van der Waals surface area (Å²) in [6.45, 7) is 10.3. The molecule has 1 saturated heterocycles. The van der Waals surface area contributed by atoms with Crippen molar-refractivity contribution in [3.63, 3.8) is 0 Å². The number of rotatable bonds is 10. The Balaban J connectivity index is 2.58. The van der Waals surface area contributed by atoms with Crippen molar-refractivity contribution >= 4 is 17.8 Å². The molecule has 0 bridgehead atoms. The first-order chi connectivity index (χ1) is 12.3. The quantitative estimate of drug-likeness (QED) is 0.333. The zero-order valence-corrected chi connectivity index (χ0v) is 16.0. The number of hydrazine groups is 1. The van der Waals surface area contributed by atoms with Gasteiger partial charge in [-0.15, -0.1) is 6.58 Å². The van der Waals surface area contributed by atoms with Crippen molar-refractivity contribution in [3.05, 3.63) is 12.7 Å². The molecule has 0 aromatic heterocycles. The normalized spacial score (nSPS) is 19.7. The fourth-order valence-electron chi connectivity index (χ4n) is 2.86. The van der Waals surface area contributed by atoms with Crippen LogP contribution in [0.2, 0.25) is 0 Å². The fourth-order valence-corrected chi connectivity index (χ4v) is 2.86. The van der Waals surface area contributed by atoms with Crippen LogP contribution in [-0.4, -0.2) is 59.1 Å². The molecule has 0 spiro atoms. The van der Waals surface area contributed by atoms with Gasteiger partial charge in [-0.25, -0.2) is 5.43 Å². The molecule has 26 heavy (non-hydrogen) atoms. The number of amides is 2. The lowest BCUT2D eigenvalue weighted by Crippen LogP contribution is -2.60. The van der Waals surface area contributed by atoms with Gasteiger partial charge in [0.05, 0.1) is 6.04 Å². The smallest absolute Gasteiger partial charge is 0.322 e. The number of carbonyl (C=O) groups excluding carboxylic acids is 2. The minimum absolute atomic E-state index is 0.0746. The Morgan fingerprint density at radius 1 is 1.35 bits per heavy atom. The van der Waals surface area contributed by atoms with Gasteiger partial charge in [-0.1, -0.05) is 19.9 Å². The number of nitrogens with one attached hydrogen (secondary N) is 3. The van der Waals surface area contributed by atoms with E-state index >= 15 is 0 Å². The van der Waals surface area contributed by atoms with E-state index < -0.39 is 24.1 Å². The van der Waals surface area contributed by atoms with E-state index in [1.165, 1.54) is 5.01 Å². The highest BCUT2D eigenvalue weighted by molar-refractivity contribution is 5.89. The second-order valence-electron chi connectivity index (χ2n) is 6.99. The summed E-state index contributed by atoms with van der Waals surface area (Å²) in [7, 11) is 0. The molecule has 1 fully saturated rings. The Morgan fingerprint density at radius 2 is 2.04 bits per heavy atom.